The Labute approximate surface area is 220 Å². The zero-order valence-corrected chi connectivity index (χ0v) is 23.1. The van der Waals surface area contributed by atoms with E-state index >= 15 is 0 Å². The van der Waals surface area contributed by atoms with E-state index < -0.39 is 0 Å². The Morgan fingerprint density at radius 3 is 2.88 bits per heavy atom. The molecule has 0 N–H and O–H groups in total. The molecule has 1 aromatic carbocycles. The minimum Gasteiger partial charge on any atom is -0.299 e. The van der Waals surface area contributed by atoms with E-state index in [1.165, 1.54) is 20.9 Å². The number of benzene rings is 1. The van der Waals surface area contributed by atoms with Crippen LogP contribution in [-0.2, 0) is 19.5 Å². The average Bonchev–Trinajstić information content (AvgIpc) is 3.54. The summed E-state index contributed by atoms with van der Waals surface area (Å²) >= 11 is 13.2. The number of thioether (sulfide) groups is 1. The van der Waals surface area contributed by atoms with Crippen LogP contribution in [0.2, 0.25) is 5.02 Å². The molecule has 0 spiro atoms. The number of thiophene rings is 1. The standard InChI is InChI=1S/C26H26ClN2OS4/c1-3-18-5-6-19-7-8-20(27)13-21(19)33-24(18)25-26(30)29(4-2)23(34-25)14-22-28(10-12-32-22)15-17-9-11-31-16-17/h7-14,16,18H,3-6,15H2,1-2H3/q+1. The van der Waals surface area contributed by atoms with Crippen LogP contribution in [-0.4, -0.2) is 4.57 Å². The number of aryl methyl sites for hydroxylation is 1. The van der Waals surface area contributed by atoms with E-state index in [0.717, 1.165) is 45.0 Å². The lowest BCUT2D eigenvalue weighted by molar-refractivity contribution is -0.685. The highest BCUT2D eigenvalue weighted by atomic mass is 35.5. The third-order valence-electron chi connectivity index (χ3n) is 6.22. The lowest BCUT2D eigenvalue weighted by Gasteiger charge is -2.13. The molecule has 1 aliphatic rings. The second-order valence-corrected chi connectivity index (χ2v) is 12.6. The Morgan fingerprint density at radius 2 is 2.12 bits per heavy atom. The van der Waals surface area contributed by atoms with Crippen molar-refractivity contribution in [2.24, 2.45) is 5.92 Å². The zero-order chi connectivity index (χ0) is 23.7. The molecule has 176 valence electrons. The lowest BCUT2D eigenvalue weighted by atomic mass is 9.97. The van der Waals surface area contributed by atoms with Gasteiger partial charge in [-0.05, 0) is 61.2 Å². The van der Waals surface area contributed by atoms with Gasteiger partial charge in [-0.3, -0.25) is 9.36 Å². The van der Waals surface area contributed by atoms with Crippen molar-refractivity contribution in [1.29, 1.82) is 0 Å². The Balaban J connectivity index is 1.65. The molecule has 34 heavy (non-hydrogen) atoms. The van der Waals surface area contributed by atoms with Crippen molar-refractivity contribution in [2.75, 3.05) is 0 Å². The second-order valence-electron chi connectivity index (χ2n) is 8.33. The van der Waals surface area contributed by atoms with E-state index in [0.29, 0.717) is 12.5 Å². The van der Waals surface area contributed by atoms with Crippen LogP contribution >= 0.6 is 57.4 Å². The molecular formula is C26H26ClN2OS4+. The SMILES string of the molecule is CCC1CCc2ccc(Cl)cc2SC1=c1sc(=Cc2scc[n+]2Cc2ccsc2)n(CC)c1=O. The first-order chi connectivity index (χ1) is 16.6. The minimum absolute atomic E-state index is 0.131. The van der Waals surface area contributed by atoms with Crippen LogP contribution in [0.15, 0.2) is 56.3 Å². The number of halogens is 1. The number of nitrogens with zero attached hydrogens (tertiary/aromatic N) is 2. The Morgan fingerprint density at radius 1 is 1.24 bits per heavy atom. The molecule has 1 atom stereocenters. The summed E-state index contributed by atoms with van der Waals surface area (Å²) in [7, 11) is 0. The van der Waals surface area contributed by atoms with Crippen LogP contribution in [0.5, 0.6) is 0 Å². The van der Waals surface area contributed by atoms with Crippen LogP contribution in [0, 0.1) is 5.92 Å². The van der Waals surface area contributed by atoms with Gasteiger partial charge in [0, 0.05) is 32.3 Å². The maximum Gasteiger partial charge on any atom is 0.269 e. The Hall–Kier alpha value is -1.64. The summed E-state index contributed by atoms with van der Waals surface area (Å²) in [5.74, 6) is 0.381. The van der Waals surface area contributed by atoms with Gasteiger partial charge in [-0.15, -0.1) is 11.3 Å². The number of thiazole rings is 2. The van der Waals surface area contributed by atoms with Gasteiger partial charge in [-0.25, -0.2) is 0 Å². The van der Waals surface area contributed by atoms with E-state index in [1.807, 2.05) is 10.6 Å². The van der Waals surface area contributed by atoms with Gasteiger partial charge in [-0.2, -0.15) is 15.9 Å². The molecule has 3 aromatic heterocycles. The second kappa shape index (κ2) is 10.5. The van der Waals surface area contributed by atoms with Crippen molar-refractivity contribution in [1.82, 2.24) is 4.57 Å². The van der Waals surface area contributed by atoms with Crippen molar-refractivity contribution in [3.05, 3.63) is 87.3 Å². The minimum atomic E-state index is 0.131. The predicted octanol–water partition coefficient (Wildman–Crippen LogP) is 5.74. The smallest absolute Gasteiger partial charge is 0.269 e. The summed E-state index contributed by atoms with van der Waals surface area (Å²) in [6.07, 6.45) is 7.41. The van der Waals surface area contributed by atoms with E-state index in [2.05, 4.69) is 65.0 Å². The molecule has 4 heterocycles. The zero-order valence-electron chi connectivity index (χ0n) is 19.1. The van der Waals surface area contributed by atoms with E-state index in [-0.39, 0.29) is 5.56 Å². The maximum absolute atomic E-state index is 13.6. The first-order valence-corrected chi connectivity index (χ1v) is 15.3. The van der Waals surface area contributed by atoms with Crippen molar-refractivity contribution in [3.63, 3.8) is 0 Å². The normalized spacial score (nSPS) is 18.2. The van der Waals surface area contributed by atoms with Crippen LogP contribution in [0.3, 0.4) is 0 Å². The molecule has 0 aliphatic carbocycles. The van der Waals surface area contributed by atoms with Gasteiger partial charge in [0.15, 0.2) is 12.7 Å². The first-order valence-electron chi connectivity index (χ1n) is 11.5. The van der Waals surface area contributed by atoms with E-state index in [4.69, 9.17) is 11.6 Å². The highest BCUT2D eigenvalue weighted by molar-refractivity contribution is 8.08. The average molecular weight is 546 g/mol. The summed E-state index contributed by atoms with van der Waals surface area (Å²) in [6.45, 7) is 5.79. The van der Waals surface area contributed by atoms with Gasteiger partial charge in [-0.1, -0.05) is 47.7 Å². The number of rotatable bonds is 5. The molecule has 0 fully saturated rings. The van der Waals surface area contributed by atoms with Gasteiger partial charge < -0.3 is 0 Å². The molecule has 0 bridgehead atoms. The molecule has 0 radical (unpaired) electrons. The topological polar surface area (TPSA) is 25.9 Å². The fraction of sp³-hybridized carbons (Fsp3) is 0.308. The van der Waals surface area contributed by atoms with Gasteiger partial charge >= 0.3 is 0 Å². The quantitative estimate of drug-likeness (QED) is 0.299. The molecular weight excluding hydrogens is 520 g/mol. The number of aromatic nitrogens is 2. The Bertz CT molecular complexity index is 1480. The van der Waals surface area contributed by atoms with Crippen molar-refractivity contribution in [3.8, 4) is 0 Å². The summed E-state index contributed by atoms with van der Waals surface area (Å²) in [4.78, 5) is 16.0. The third-order valence-corrected chi connectivity index (χ3v) is 10.7. The highest BCUT2D eigenvalue weighted by Gasteiger charge is 2.24. The summed E-state index contributed by atoms with van der Waals surface area (Å²) in [6, 6.07) is 8.33. The van der Waals surface area contributed by atoms with Crippen molar-refractivity contribution in [2.45, 2.75) is 51.1 Å². The number of hydrogen-bond donors (Lipinski definition) is 0. The molecule has 8 heteroatoms. The van der Waals surface area contributed by atoms with Gasteiger partial charge in [0.1, 0.15) is 9.20 Å². The summed E-state index contributed by atoms with van der Waals surface area (Å²) < 4.78 is 6.09. The van der Waals surface area contributed by atoms with Gasteiger partial charge in [0.25, 0.3) is 10.6 Å². The monoisotopic (exact) mass is 545 g/mol. The molecule has 3 nitrogen and oxygen atoms in total. The van der Waals surface area contributed by atoms with Crippen LogP contribution in [0.25, 0.3) is 11.0 Å². The predicted molar refractivity (Wildman–Crippen MR) is 148 cm³/mol. The molecule has 1 aliphatic heterocycles. The highest BCUT2D eigenvalue weighted by Crippen LogP contribution is 2.42. The summed E-state index contributed by atoms with van der Waals surface area (Å²) in [5.41, 5.74) is 2.76. The van der Waals surface area contributed by atoms with Crippen molar-refractivity contribution >= 4 is 68.4 Å². The van der Waals surface area contributed by atoms with E-state index in [1.54, 1.807) is 45.8 Å². The van der Waals surface area contributed by atoms with Gasteiger partial charge in [0.05, 0.1) is 11.5 Å². The van der Waals surface area contributed by atoms with Gasteiger partial charge in [0.2, 0.25) is 0 Å². The fourth-order valence-corrected chi connectivity index (χ4v) is 8.88. The molecule has 0 saturated carbocycles. The van der Waals surface area contributed by atoms with E-state index in [9.17, 15) is 4.79 Å². The van der Waals surface area contributed by atoms with Crippen LogP contribution in [0.4, 0.5) is 0 Å². The lowest BCUT2D eigenvalue weighted by Crippen LogP contribution is -2.36. The number of fused-ring (bicyclic) bond motifs is 1. The summed E-state index contributed by atoms with van der Waals surface area (Å²) in [5, 5.41) is 8.33. The van der Waals surface area contributed by atoms with Crippen LogP contribution in [0.1, 0.15) is 42.8 Å². The molecule has 0 amide bonds. The molecule has 4 aromatic rings. The molecule has 1 unspecified atom stereocenters. The first kappa shape index (κ1) is 24.1. The third kappa shape index (κ3) is 4.86. The van der Waals surface area contributed by atoms with Crippen molar-refractivity contribution < 1.29 is 4.57 Å². The van der Waals surface area contributed by atoms with Crippen LogP contribution < -0.4 is 19.3 Å². The maximum atomic E-state index is 13.6. The Kier molecular flexibility index (Phi) is 7.46. The molecule has 5 rings (SSSR count). The fourth-order valence-electron chi connectivity index (χ4n) is 4.35. The largest absolute Gasteiger partial charge is 0.299 e. The molecule has 0 saturated heterocycles. The number of hydrogen-bond acceptors (Lipinski definition) is 5.